The maximum atomic E-state index is 12.3. The third kappa shape index (κ3) is 2.77. The average molecular weight is 303 g/mol. The molecule has 7 heteroatoms. The predicted molar refractivity (Wildman–Crippen MR) is 71.0 cm³/mol. The molecule has 1 aliphatic rings. The Morgan fingerprint density at radius 1 is 1.45 bits per heavy atom. The van der Waals surface area contributed by atoms with Crippen LogP contribution in [0.25, 0.3) is 0 Å². The molecule has 2 rings (SSSR count). The van der Waals surface area contributed by atoms with Gasteiger partial charge in [0, 0.05) is 23.6 Å². The van der Waals surface area contributed by atoms with E-state index in [9.17, 15) is 18.0 Å². The Balaban J connectivity index is 2.36. The van der Waals surface area contributed by atoms with Crippen molar-refractivity contribution in [2.45, 2.75) is 18.0 Å². The van der Waals surface area contributed by atoms with Crippen molar-refractivity contribution in [3.05, 3.63) is 29.3 Å². The lowest BCUT2D eigenvalue weighted by Crippen LogP contribution is -2.23. The van der Waals surface area contributed by atoms with Crippen LogP contribution >= 0.6 is 11.8 Å². The van der Waals surface area contributed by atoms with Crippen molar-refractivity contribution in [2.75, 3.05) is 18.6 Å². The summed E-state index contributed by atoms with van der Waals surface area (Å²) < 4.78 is 42.1. The molecule has 0 N–H and O–H groups in total. The number of rotatable bonds is 3. The highest BCUT2D eigenvalue weighted by atomic mass is 32.2. The molecule has 20 heavy (non-hydrogen) atoms. The second kappa shape index (κ2) is 5.40. The fourth-order valence-electron chi connectivity index (χ4n) is 1.84. The largest absolute Gasteiger partial charge is 0.497 e. The standard InChI is InChI=1S/C13H12F3NO2S/c1-3-17-9-6-8(19-2)4-5-10(9)20-12(17)7-11(18)13(14,15)16/h4-7H,3H2,1-2H3/b12-7-. The van der Waals surface area contributed by atoms with E-state index in [4.69, 9.17) is 4.74 Å². The third-order valence-electron chi connectivity index (χ3n) is 2.79. The van der Waals surface area contributed by atoms with Gasteiger partial charge in [0.1, 0.15) is 5.75 Å². The molecule has 0 fully saturated rings. The van der Waals surface area contributed by atoms with Gasteiger partial charge < -0.3 is 9.64 Å². The lowest BCUT2D eigenvalue weighted by molar-refractivity contribution is -0.165. The normalized spacial score (nSPS) is 16.4. The van der Waals surface area contributed by atoms with Crippen LogP contribution in [0, 0.1) is 0 Å². The smallest absolute Gasteiger partial charge is 0.454 e. The number of nitrogens with zero attached hydrogens (tertiary/aromatic N) is 1. The van der Waals surface area contributed by atoms with Gasteiger partial charge in [0.25, 0.3) is 5.78 Å². The van der Waals surface area contributed by atoms with Gasteiger partial charge in [-0.3, -0.25) is 4.79 Å². The highest BCUT2D eigenvalue weighted by molar-refractivity contribution is 8.03. The predicted octanol–water partition coefficient (Wildman–Crippen LogP) is 3.60. The number of anilines is 1. The first-order chi connectivity index (χ1) is 9.36. The topological polar surface area (TPSA) is 29.5 Å². The van der Waals surface area contributed by atoms with Crippen molar-refractivity contribution in [1.29, 1.82) is 0 Å². The van der Waals surface area contributed by atoms with Gasteiger partial charge in [-0.05, 0) is 19.1 Å². The summed E-state index contributed by atoms with van der Waals surface area (Å²) in [4.78, 5) is 13.5. The Kier molecular flexibility index (Phi) is 3.99. The summed E-state index contributed by atoms with van der Waals surface area (Å²) >= 11 is 1.14. The van der Waals surface area contributed by atoms with E-state index in [1.54, 1.807) is 30.0 Å². The number of allylic oxidation sites excluding steroid dienone is 1. The van der Waals surface area contributed by atoms with E-state index in [1.165, 1.54) is 7.11 Å². The first kappa shape index (κ1) is 14.8. The van der Waals surface area contributed by atoms with Crippen LogP contribution < -0.4 is 9.64 Å². The minimum Gasteiger partial charge on any atom is -0.497 e. The third-order valence-corrected chi connectivity index (χ3v) is 3.90. The first-order valence-electron chi connectivity index (χ1n) is 5.83. The van der Waals surface area contributed by atoms with Crippen molar-refractivity contribution >= 4 is 23.2 Å². The van der Waals surface area contributed by atoms with Gasteiger partial charge in [-0.25, -0.2) is 0 Å². The molecule has 0 spiro atoms. The van der Waals surface area contributed by atoms with E-state index in [0.717, 1.165) is 22.3 Å². The molecule has 0 amide bonds. The van der Waals surface area contributed by atoms with Gasteiger partial charge in [-0.15, -0.1) is 0 Å². The van der Waals surface area contributed by atoms with Crippen LogP contribution in [0.15, 0.2) is 34.2 Å². The SMILES string of the molecule is CCN1/C(=C/C(=O)C(F)(F)F)Sc2ccc(OC)cc21. The fraction of sp³-hybridized carbons (Fsp3) is 0.308. The molecule has 0 bridgehead atoms. The summed E-state index contributed by atoms with van der Waals surface area (Å²) in [5, 5.41) is 0.276. The average Bonchev–Trinajstić information content (AvgIpc) is 2.73. The number of hydrogen-bond acceptors (Lipinski definition) is 4. The highest BCUT2D eigenvalue weighted by Gasteiger charge is 2.38. The van der Waals surface area contributed by atoms with Crippen LogP contribution in [0.2, 0.25) is 0 Å². The van der Waals surface area contributed by atoms with Crippen LogP contribution in [0.4, 0.5) is 18.9 Å². The Morgan fingerprint density at radius 2 is 2.15 bits per heavy atom. The Hall–Kier alpha value is -1.63. The molecule has 0 saturated heterocycles. The van der Waals surface area contributed by atoms with Crippen molar-refractivity contribution in [1.82, 2.24) is 0 Å². The summed E-state index contributed by atoms with van der Waals surface area (Å²) in [6.07, 6.45) is -4.21. The molecule has 1 heterocycles. The number of thioether (sulfide) groups is 1. The number of fused-ring (bicyclic) bond motifs is 1. The number of ketones is 1. The molecule has 0 radical (unpaired) electrons. The Morgan fingerprint density at radius 3 is 2.70 bits per heavy atom. The molecule has 1 aromatic rings. The molecule has 0 aliphatic carbocycles. The number of carbonyl (C=O) groups excluding carboxylic acids is 1. The van der Waals surface area contributed by atoms with Crippen LogP contribution in [-0.4, -0.2) is 25.6 Å². The first-order valence-corrected chi connectivity index (χ1v) is 6.64. The molecular weight excluding hydrogens is 291 g/mol. The van der Waals surface area contributed by atoms with Crippen LogP contribution in [0.1, 0.15) is 6.92 Å². The Labute approximate surface area is 118 Å². The molecule has 0 aromatic heterocycles. The number of carbonyl (C=O) groups is 1. The van der Waals surface area contributed by atoms with E-state index < -0.39 is 12.0 Å². The van der Waals surface area contributed by atoms with Gasteiger partial charge in [0.15, 0.2) is 0 Å². The minimum atomic E-state index is -4.85. The zero-order valence-corrected chi connectivity index (χ0v) is 11.6. The van der Waals surface area contributed by atoms with E-state index in [0.29, 0.717) is 18.4 Å². The number of hydrogen-bond donors (Lipinski definition) is 0. The molecule has 1 aliphatic heterocycles. The van der Waals surface area contributed by atoms with Gasteiger partial charge in [0.2, 0.25) is 0 Å². The van der Waals surface area contributed by atoms with Crippen molar-refractivity contribution < 1.29 is 22.7 Å². The number of ether oxygens (including phenoxy) is 1. The van der Waals surface area contributed by atoms with E-state index in [2.05, 4.69) is 0 Å². The zero-order chi connectivity index (χ0) is 14.9. The molecule has 0 saturated carbocycles. The lowest BCUT2D eigenvalue weighted by atomic mass is 10.2. The van der Waals surface area contributed by atoms with Crippen molar-refractivity contribution in [3.63, 3.8) is 0 Å². The second-order valence-corrected chi connectivity index (χ2v) is 5.09. The van der Waals surface area contributed by atoms with Crippen molar-refractivity contribution in [2.24, 2.45) is 0 Å². The molecule has 108 valence electrons. The monoisotopic (exact) mass is 303 g/mol. The quantitative estimate of drug-likeness (QED) is 0.798. The maximum Gasteiger partial charge on any atom is 0.454 e. The summed E-state index contributed by atoms with van der Waals surface area (Å²) in [6, 6.07) is 5.24. The van der Waals surface area contributed by atoms with E-state index in [1.807, 2.05) is 0 Å². The van der Waals surface area contributed by atoms with Gasteiger partial charge in [-0.2, -0.15) is 13.2 Å². The number of halogens is 3. The van der Waals surface area contributed by atoms with Crippen LogP contribution in [-0.2, 0) is 4.79 Å². The molecule has 0 unspecified atom stereocenters. The zero-order valence-electron chi connectivity index (χ0n) is 10.8. The van der Waals surface area contributed by atoms with E-state index >= 15 is 0 Å². The number of methoxy groups -OCH3 is 1. The molecule has 3 nitrogen and oxygen atoms in total. The second-order valence-electron chi connectivity index (χ2n) is 4.02. The molecule has 1 aromatic carbocycles. The van der Waals surface area contributed by atoms with E-state index in [-0.39, 0.29) is 5.03 Å². The van der Waals surface area contributed by atoms with Crippen molar-refractivity contribution in [3.8, 4) is 5.75 Å². The van der Waals surface area contributed by atoms with Crippen LogP contribution in [0.5, 0.6) is 5.75 Å². The summed E-state index contributed by atoms with van der Waals surface area (Å²) in [7, 11) is 1.52. The van der Waals surface area contributed by atoms with Gasteiger partial charge >= 0.3 is 6.18 Å². The molecular formula is C13H12F3NO2S. The number of benzene rings is 1. The fourth-order valence-corrected chi connectivity index (χ4v) is 2.97. The Bertz CT molecular complexity index is 569. The van der Waals surface area contributed by atoms with Gasteiger partial charge in [-0.1, -0.05) is 11.8 Å². The maximum absolute atomic E-state index is 12.3. The summed E-state index contributed by atoms with van der Waals surface area (Å²) in [6.45, 7) is 2.27. The summed E-state index contributed by atoms with van der Waals surface area (Å²) in [5.41, 5.74) is 0.748. The highest BCUT2D eigenvalue weighted by Crippen LogP contribution is 2.47. The molecule has 0 atom stereocenters. The van der Waals surface area contributed by atoms with Gasteiger partial charge in [0.05, 0.1) is 17.8 Å². The lowest BCUT2D eigenvalue weighted by Gasteiger charge is -2.18. The summed E-state index contributed by atoms with van der Waals surface area (Å²) in [5.74, 6) is -1.23. The number of alkyl halides is 3. The van der Waals surface area contributed by atoms with Crippen LogP contribution in [0.3, 0.4) is 0 Å². The minimum absolute atomic E-state index is 0.276.